The molecule has 1 unspecified atom stereocenters. The molecule has 3 N–H and O–H groups in total. The molecule has 1 rings (SSSR count). The molecule has 0 saturated heterocycles. The smallest absolute Gasteiger partial charge is 0.328 e. The highest BCUT2D eigenvalue weighted by molar-refractivity contribution is 5.88. The van der Waals surface area contributed by atoms with Gasteiger partial charge in [0.2, 0.25) is 5.91 Å². The van der Waals surface area contributed by atoms with Crippen LogP contribution in [-0.2, 0) is 14.3 Å². The predicted octanol–water partition coefficient (Wildman–Crippen LogP) is 1.43. The number of benzene rings is 1. The van der Waals surface area contributed by atoms with Crippen molar-refractivity contribution in [2.75, 3.05) is 13.7 Å². The summed E-state index contributed by atoms with van der Waals surface area (Å²) in [5, 5.41) is 2.76. The lowest BCUT2D eigenvalue weighted by Gasteiger charge is -2.22. The van der Waals surface area contributed by atoms with Crippen molar-refractivity contribution in [3.8, 4) is 0 Å². The molecule has 1 aromatic carbocycles. The van der Waals surface area contributed by atoms with Crippen molar-refractivity contribution < 1.29 is 14.3 Å². The van der Waals surface area contributed by atoms with E-state index in [1.807, 2.05) is 44.2 Å². The van der Waals surface area contributed by atoms with Crippen LogP contribution in [0.2, 0.25) is 0 Å². The average molecular weight is 292 g/mol. The van der Waals surface area contributed by atoms with Crippen molar-refractivity contribution in [3.05, 3.63) is 35.9 Å². The second-order valence-electron chi connectivity index (χ2n) is 5.41. The van der Waals surface area contributed by atoms with Crippen LogP contribution in [0, 0.1) is 5.92 Å². The van der Waals surface area contributed by atoms with E-state index in [-0.39, 0.29) is 18.4 Å². The maximum atomic E-state index is 12.4. The Hall–Kier alpha value is -1.88. The molecule has 5 heteroatoms. The van der Waals surface area contributed by atoms with Crippen LogP contribution in [0.15, 0.2) is 30.3 Å². The van der Waals surface area contributed by atoms with E-state index in [9.17, 15) is 9.59 Å². The number of hydrogen-bond donors (Lipinski definition) is 2. The summed E-state index contributed by atoms with van der Waals surface area (Å²) in [6, 6.07) is 8.67. The predicted molar refractivity (Wildman–Crippen MR) is 81.6 cm³/mol. The molecule has 116 valence electrons. The first-order valence-electron chi connectivity index (χ1n) is 7.12. The summed E-state index contributed by atoms with van der Waals surface area (Å²) in [5.74, 6) is -0.881. The number of nitrogens with one attached hydrogen (secondary N) is 1. The molecule has 0 bridgehead atoms. The Labute approximate surface area is 125 Å². The Bertz CT molecular complexity index is 460. The number of carbonyl (C=O) groups is 2. The fourth-order valence-corrected chi connectivity index (χ4v) is 2.18. The molecule has 0 fully saturated rings. The second kappa shape index (κ2) is 8.42. The largest absolute Gasteiger partial charge is 0.467 e. The summed E-state index contributed by atoms with van der Waals surface area (Å²) < 4.78 is 4.75. The van der Waals surface area contributed by atoms with E-state index in [0.29, 0.717) is 6.42 Å². The van der Waals surface area contributed by atoms with Gasteiger partial charge in [-0.1, -0.05) is 44.2 Å². The van der Waals surface area contributed by atoms with Crippen LogP contribution in [0.4, 0.5) is 0 Å². The molecule has 2 atom stereocenters. The van der Waals surface area contributed by atoms with E-state index in [0.717, 1.165) is 5.56 Å². The maximum Gasteiger partial charge on any atom is 0.328 e. The fraction of sp³-hybridized carbons (Fsp3) is 0.500. The molecule has 0 radical (unpaired) electrons. The first-order valence-corrected chi connectivity index (χ1v) is 7.12. The summed E-state index contributed by atoms with van der Waals surface area (Å²) in [5.41, 5.74) is 6.55. The minimum Gasteiger partial charge on any atom is -0.467 e. The highest BCUT2D eigenvalue weighted by atomic mass is 16.5. The Morgan fingerprint density at radius 1 is 1.24 bits per heavy atom. The molecule has 21 heavy (non-hydrogen) atoms. The SMILES string of the molecule is COC(=O)[C@H](CC(C)C)NC(=O)C(CN)c1ccccc1. The molecule has 0 heterocycles. The van der Waals surface area contributed by atoms with Gasteiger partial charge in [-0.05, 0) is 17.9 Å². The third-order valence-electron chi connectivity index (χ3n) is 3.26. The molecule has 1 aromatic rings. The number of methoxy groups -OCH3 is 1. The van der Waals surface area contributed by atoms with Crippen LogP contribution in [0.3, 0.4) is 0 Å². The van der Waals surface area contributed by atoms with Crippen LogP contribution < -0.4 is 11.1 Å². The summed E-state index contributed by atoms with van der Waals surface area (Å²) >= 11 is 0. The molecule has 0 saturated carbocycles. The highest BCUT2D eigenvalue weighted by Gasteiger charge is 2.26. The first kappa shape index (κ1) is 17.2. The lowest BCUT2D eigenvalue weighted by molar-refractivity contribution is -0.145. The maximum absolute atomic E-state index is 12.4. The van der Waals surface area contributed by atoms with Gasteiger partial charge in [-0.15, -0.1) is 0 Å². The number of hydrogen-bond acceptors (Lipinski definition) is 4. The normalized spacial score (nSPS) is 13.6. The molecule has 0 aliphatic heterocycles. The van der Waals surface area contributed by atoms with Gasteiger partial charge >= 0.3 is 5.97 Å². The second-order valence-corrected chi connectivity index (χ2v) is 5.41. The zero-order valence-corrected chi connectivity index (χ0v) is 12.8. The zero-order chi connectivity index (χ0) is 15.8. The van der Waals surface area contributed by atoms with Gasteiger partial charge in [0.05, 0.1) is 13.0 Å². The molecular weight excluding hydrogens is 268 g/mol. The number of carbonyl (C=O) groups excluding carboxylic acids is 2. The Balaban J connectivity index is 2.81. The molecule has 5 nitrogen and oxygen atoms in total. The van der Waals surface area contributed by atoms with Crippen LogP contribution in [0.5, 0.6) is 0 Å². The first-order chi connectivity index (χ1) is 9.99. The lowest BCUT2D eigenvalue weighted by Crippen LogP contribution is -2.45. The van der Waals surface area contributed by atoms with E-state index in [2.05, 4.69) is 5.32 Å². The van der Waals surface area contributed by atoms with Crippen molar-refractivity contribution in [3.63, 3.8) is 0 Å². The van der Waals surface area contributed by atoms with Gasteiger partial charge in [0.1, 0.15) is 6.04 Å². The van der Waals surface area contributed by atoms with Gasteiger partial charge in [-0.3, -0.25) is 4.79 Å². The minimum atomic E-state index is -0.639. The van der Waals surface area contributed by atoms with Gasteiger partial charge in [0, 0.05) is 6.54 Å². The number of nitrogens with two attached hydrogens (primary N) is 1. The Kier molecular flexibility index (Phi) is 6.88. The molecule has 0 aromatic heterocycles. The summed E-state index contributed by atoms with van der Waals surface area (Å²) in [6.45, 7) is 4.16. The van der Waals surface area contributed by atoms with E-state index in [1.165, 1.54) is 7.11 Å². The van der Waals surface area contributed by atoms with Crippen molar-refractivity contribution >= 4 is 11.9 Å². The van der Waals surface area contributed by atoms with Gasteiger partial charge in [-0.25, -0.2) is 4.79 Å². The fourth-order valence-electron chi connectivity index (χ4n) is 2.18. The van der Waals surface area contributed by atoms with Crippen LogP contribution in [0.1, 0.15) is 31.7 Å². The van der Waals surface area contributed by atoms with E-state index in [1.54, 1.807) is 0 Å². The monoisotopic (exact) mass is 292 g/mol. The van der Waals surface area contributed by atoms with Gasteiger partial charge in [0.25, 0.3) is 0 Å². The average Bonchev–Trinajstić information content (AvgIpc) is 2.47. The van der Waals surface area contributed by atoms with E-state index >= 15 is 0 Å². The number of amides is 1. The van der Waals surface area contributed by atoms with E-state index in [4.69, 9.17) is 10.5 Å². The van der Waals surface area contributed by atoms with Crippen LogP contribution in [0.25, 0.3) is 0 Å². The van der Waals surface area contributed by atoms with Gasteiger partial charge in [-0.2, -0.15) is 0 Å². The lowest BCUT2D eigenvalue weighted by atomic mass is 9.97. The molecule has 0 aliphatic rings. The zero-order valence-electron chi connectivity index (χ0n) is 12.8. The summed E-state index contributed by atoms with van der Waals surface area (Å²) in [7, 11) is 1.32. The topological polar surface area (TPSA) is 81.4 Å². The number of ether oxygens (including phenoxy) is 1. The Morgan fingerprint density at radius 3 is 2.33 bits per heavy atom. The molecule has 1 amide bonds. The summed E-state index contributed by atoms with van der Waals surface area (Å²) in [6.07, 6.45) is 0.532. The van der Waals surface area contributed by atoms with Gasteiger partial charge in [0.15, 0.2) is 0 Å². The quantitative estimate of drug-likeness (QED) is 0.745. The third-order valence-corrected chi connectivity index (χ3v) is 3.26. The number of esters is 1. The Morgan fingerprint density at radius 2 is 1.86 bits per heavy atom. The third kappa shape index (κ3) is 5.19. The number of rotatable bonds is 7. The molecular formula is C16H24N2O3. The standard InChI is InChI=1S/C16H24N2O3/c1-11(2)9-14(16(20)21-3)18-15(19)13(10-17)12-7-5-4-6-8-12/h4-8,11,13-14H,9-10,17H2,1-3H3,(H,18,19)/t13?,14-/m0/s1. The van der Waals surface area contributed by atoms with Crippen LogP contribution in [-0.4, -0.2) is 31.6 Å². The van der Waals surface area contributed by atoms with Gasteiger partial charge < -0.3 is 15.8 Å². The highest BCUT2D eigenvalue weighted by Crippen LogP contribution is 2.15. The van der Waals surface area contributed by atoms with Crippen LogP contribution >= 0.6 is 0 Å². The minimum absolute atomic E-state index is 0.186. The molecule has 0 spiro atoms. The van der Waals surface area contributed by atoms with Crippen molar-refractivity contribution in [2.45, 2.75) is 32.2 Å². The van der Waals surface area contributed by atoms with Crippen molar-refractivity contribution in [2.24, 2.45) is 11.7 Å². The summed E-state index contributed by atoms with van der Waals surface area (Å²) in [4.78, 5) is 24.2. The van der Waals surface area contributed by atoms with E-state index < -0.39 is 17.9 Å². The molecule has 0 aliphatic carbocycles. The van der Waals surface area contributed by atoms with Crippen molar-refractivity contribution in [1.29, 1.82) is 0 Å². The van der Waals surface area contributed by atoms with Crippen molar-refractivity contribution in [1.82, 2.24) is 5.32 Å².